The fourth-order valence-electron chi connectivity index (χ4n) is 3.40. The number of anilines is 1. The number of carbonyl (C=O) groups is 1. The van der Waals surface area contributed by atoms with Gasteiger partial charge in [-0.1, -0.05) is 44.2 Å². The Hall–Kier alpha value is -2.15. The minimum absolute atomic E-state index is 0.0988. The number of rotatable bonds is 6. The van der Waals surface area contributed by atoms with Crippen LogP contribution < -0.4 is 5.32 Å². The first kappa shape index (κ1) is 20.1. The molecule has 3 aromatic rings. The number of aromatic nitrogens is 1. The van der Waals surface area contributed by atoms with Gasteiger partial charge in [-0.2, -0.15) is 0 Å². The molecule has 0 unspecified atom stereocenters. The molecule has 0 atom stereocenters. The van der Waals surface area contributed by atoms with Crippen LogP contribution in [0.5, 0.6) is 0 Å². The summed E-state index contributed by atoms with van der Waals surface area (Å²) in [4.78, 5) is 22.1. The van der Waals surface area contributed by atoms with E-state index in [0.29, 0.717) is 15.9 Å². The van der Waals surface area contributed by atoms with Crippen LogP contribution in [0, 0.1) is 0 Å². The molecule has 6 heteroatoms. The monoisotopic (exact) mass is 423 g/mol. The van der Waals surface area contributed by atoms with Gasteiger partial charge in [0.1, 0.15) is 0 Å². The van der Waals surface area contributed by atoms with Gasteiger partial charge >= 0.3 is 0 Å². The van der Waals surface area contributed by atoms with Crippen molar-refractivity contribution in [3.8, 4) is 0 Å². The lowest BCUT2D eigenvalue weighted by molar-refractivity contribution is 0.102. The van der Waals surface area contributed by atoms with Crippen molar-refractivity contribution in [2.45, 2.75) is 43.5 Å². The Balaban J connectivity index is 1.38. The average Bonchev–Trinajstić information content (AvgIpc) is 3.10. The summed E-state index contributed by atoms with van der Waals surface area (Å²) in [7, 11) is 0. The first-order valence-electron chi connectivity index (χ1n) is 9.90. The predicted octanol–water partition coefficient (Wildman–Crippen LogP) is 5.45. The van der Waals surface area contributed by atoms with Gasteiger partial charge < -0.3 is 0 Å². The molecule has 0 aliphatic carbocycles. The van der Waals surface area contributed by atoms with E-state index in [-0.39, 0.29) is 5.91 Å². The molecule has 4 nitrogen and oxygen atoms in total. The number of amides is 1. The Bertz CT molecular complexity index is 968. The van der Waals surface area contributed by atoms with Crippen molar-refractivity contribution in [1.29, 1.82) is 0 Å². The van der Waals surface area contributed by atoms with E-state index < -0.39 is 0 Å². The van der Waals surface area contributed by atoms with Gasteiger partial charge in [-0.25, -0.2) is 4.98 Å². The van der Waals surface area contributed by atoms with Gasteiger partial charge in [-0.05, 0) is 29.8 Å². The topological polar surface area (TPSA) is 45.2 Å². The zero-order valence-electron chi connectivity index (χ0n) is 16.7. The summed E-state index contributed by atoms with van der Waals surface area (Å²) in [6.07, 6.45) is 0.926. The van der Waals surface area contributed by atoms with Crippen molar-refractivity contribution in [2.75, 3.05) is 11.9 Å². The molecule has 0 spiro atoms. The van der Waals surface area contributed by atoms with Gasteiger partial charge in [0.25, 0.3) is 5.91 Å². The van der Waals surface area contributed by atoms with Gasteiger partial charge in [-0.3, -0.25) is 15.0 Å². The lowest BCUT2D eigenvalue weighted by Crippen LogP contribution is -2.29. The molecular formula is C23H25N3OS2. The predicted molar refractivity (Wildman–Crippen MR) is 122 cm³/mol. The van der Waals surface area contributed by atoms with E-state index in [1.807, 2.05) is 30.3 Å². The molecule has 1 N–H and O–H groups in total. The Morgan fingerprint density at radius 1 is 1.17 bits per heavy atom. The van der Waals surface area contributed by atoms with Gasteiger partial charge in [-0.15, -0.1) is 23.1 Å². The Morgan fingerprint density at radius 3 is 2.66 bits per heavy atom. The summed E-state index contributed by atoms with van der Waals surface area (Å²) in [5.74, 6) is -0.0988. The lowest BCUT2D eigenvalue weighted by atomic mass is 10.1. The van der Waals surface area contributed by atoms with E-state index in [1.165, 1.54) is 15.3 Å². The van der Waals surface area contributed by atoms with E-state index in [9.17, 15) is 4.79 Å². The lowest BCUT2D eigenvalue weighted by Gasteiger charge is -2.25. The molecule has 1 amide bonds. The van der Waals surface area contributed by atoms with E-state index in [0.717, 1.165) is 31.7 Å². The van der Waals surface area contributed by atoms with E-state index in [1.54, 1.807) is 23.1 Å². The number of thioether (sulfide) groups is 1. The maximum atomic E-state index is 12.6. The number of nitrogens with one attached hydrogen (secondary N) is 1. The van der Waals surface area contributed by atoms with E-state index >= 15 is 0 Å². The first-order chi connectivity index (χ1) is 14.1. The van der Waals surface area contributed by atoms with Gasteiger partial charge in [0.2, 0.25) is 0 Å². The average molecular weight is 424 g/mol. The molecule has 150 valence electrons. The second-order valence-corrected chi connectivity index (χ2v) is 10.2. The Morgan fingerprint density at radius 2 is 1.93 bits per heavy atom. The van der Waals surface area contributed by atoms with Crippen molar-refractivity contribution in [3.63, 3.8) is 0 Å². The molecule has 1 aliphatic heterocycles. The Kier molecular flexibility index (Phi) is 6.33. The van der Waals surface area contributed by atoms with E-state index in [4.69, 9.17) is 0 Å². The number of hydrogen-bond acceptors (Lipinski definition) is 5. The second kappa shape index (κ2) is 9.11. The van der Waals surface area contributed by atoms with Crippen molar-refractivity contribution in [3.05, 3.63) is 76.3 Å². The maximum Gasteiger partial charge on any atom is 0.257 e. The quantitative estimate of drug-likeness (QED) is 0.535. The highest BCUT2D eigenvalue weighted by molar-refractivity contribution is 7.99. The molecule has 0 saturated carbocycles. The zero-order chi connectivity index (χ0) is 20.2. The number of nitrogens with zero attached hydrogens (tertiary/aromatic N) is 2. The minimum atomic E-state index is -0.0988. The van der Waals surface area contributed by atoms with Crippen molar-refractivity contribution < 1.29 is 4.79 Å². The van der Waals surface area contributed by atoms with Gasteiger partial charge in [0.15, 0.2) is 5.13 Å². The fourth-order valence-corrected chi connectivity index (χ4v) is 5.29. The molecule has 1 aromatic heterocycles. The summed E-state index contributed by atoms with van der Waals surface area (Å²) in [5.41, 5.74) is 3.11. The molecule has 2 heterocycles. The van der Waals surface area contributed by atoms with Gasteiger partial charge in [0.05, 0.1) is 5.69 Å². The Labute approximate surface area is 180 Å². The third-order valence-electron chi connectivity index (χ3n) is 4.77. The molecule has 0 saturated heterocycles. The van der Waals surface area contributed by atoms with E-state index in [2.05, 4.69) is 53.3 Å². The fraction of sp³-hybridized carbons (Fsp3) is 0.304. The smallest absolute Gasteiger partial charge is 0.257 e. The maximum absolute atomic E-state index is 12.6. The highest BCUT2D eigenvalue weighted by Gasteiger charge is 2.21. The number of carbonyl (C=O) groups excluding carboxylic acids is 1. The third kappa shape index (κ3) is 5.26. The second-order valence-electron chi connectivity index (χ2n) is 7.48. The number of benzene rings is 2. The van der Waals surface area contributed by atoms with Crippen LogP contribution in [0.2, 0.25) is 0 Å². The summed E-state index contributed by atoms with van der Waals surface area (Å²) in [5, 5.41) is 4.21. The molecular weight excluding hydrogens is 398 g/mol. The molecule has 2 aromatic carbocycles. The third-order valence-corrected chi connectivity index (χ3v) is 6.78. The van der Waals surface area contributed by atoms with Crippen LogP contribution in [0.1, 0.15) is 40.3 Å². The number of thiazole rings is 1. The van der Waals surface area contributed by atoms with Crippen LogP contribution in [0.25, 0.3) is 0 Å². The van der Waals surface area contributed by atoms with Gasteiger partial charge in [0, 0.05) is 46.6 Å². The van der Waals surface area contributed by atoms with Crippen LogP contribution >= 0.6 is 23.1 Å². The van der Waals surface area contributed by atoms with Crippen molar-refractivity contribution in [1.82, 2.24) is 9.88 Å². The summed E-state index contributed by atoms with van der Waals surface area (Å²) in [6.45, 7) is 7.15. The molecule has 0 radical (unpaired) electrons. The van der Waals surface area contributed by atoms with Crippen molar-refractivity contribution in [2.24, 2.45) is 0 Å². The summed E-state index contributed by atoms with van der Waals surface area (Å²) in [6, 6.07) is 18.3. The van der Waals surface area contributed by atoms with Crippen molar-refractivity contribution >= 4 is 34.1 Å². The van der Waals surface area contributed by atoms with Crippen LogP contribution in [-0.2, 0) is 19.5 Å². The number of fused-ring (bicyclic) bond motifs is 1. The molecule has 1 aliphatic rings. The SMILES string of the molecule is CC(C)Sc1ccc(C(=O)Nc2nc3c(s2)CN(Cc2ccccc2)CC3)cc1. The molecule has 29 heavy (non-hydrogen) atoms. The standard InChI is InChI=1S/C23H25N3OS2/c1-16(2)28-19-10-8-18(9-11-19)22(27)25-23-24-20-12-13-26(15-21(20)29-23)14-17-6-4-3-5-7-17/h3-11,16H,12-15H2,1-2H3,(H,24,25,27). The molecule has 0 fully saturated rings. The summed E-state index contributed by atoms with van der Waals surface area (Å²) < 4.78 is 0. The minimum Gasteiger partial charge on any atom is -0.298 e. The molecule has 4 rings (SSSR count). The largest absolute Gasteiger partial charge is 0.298 e. The van der Waals surface area contributed by atoms with Crippen LogP contribution in [0.3, 0.4) is 0 Å². The summed E-state index contributed by atoms with van der Waals surface area (Å²) >= 11 is 3.39. The molecule has 0 bridgehead atoms. The highest BCUT2D eigenvalue weighted by atomic mass is 32.2. The van der Waals surface area contributed by atoms with Crippen LogP contribution in [0.4, 0.5) is 5.13 Å². The zero-order valence-corrected chi connectivity index (χ0v) is 18.4. The number of hydrogen-bond donors (Lipinski definition) is 1. The first-order valence-corrected chi connectivity index (χ1v) is 11.6. The van der Waals surface area contributed by atoms with Crippen LogP contribution in [-0.4, -0.2) is 27.6 Å². The highest BCUT2D eigenvalue weighted by Crippen LogP contribution is 2.29. The van der Waals surface area contributed by atoms with Crippen LogP contribution in [0.15, 0.2) is 59.5 Å². The normalized spacial score (nSPS) is 14.0.